The van der Waals surface area contributed by atoms with E-state index >= 15 is 0 Å². The van der Waals surface area contributed by atoms with Gasteiger partial charge in [-0.15, -0.1) is 0 Å². The predicted octanol–water partition coefficient (Wildman–Crippen LogP) is 4.41. The fourth-order valence-electron chi connectivity index (χ4n) is 1.74. The average molecular weight is 211 g/mol. The summed E-state index contributed by atoms with van der Waals surface area (Å²) in [7, 11) is 0. The number of hydrogen-bond acceptors (Lipinski definition) is 0. The first-order valence-corrected chi connectivity index (χ1v) is 5.70. The summed E-state index contributed by atoms with van der Waals surface area (Å²) in [5, 5.41) is 0.970. The second-order valence-electron chi connectivity index (χ2n) is 4.29. The molecular weight excluding hydrogens is 192 g/mol. The average Bonchev–Trinajstić information content (AvgIpc) is 2.13. The van der Waals surface area contributed by atoms with Crippen LogP contribution in [-0.4, -0.2) is 0 Å². The SMILES string of the molecule is CCc1ccc(C)c(Cl)c1CC(C)C. The lowest BCUT2D eigenvalue weighted by Gasteiger charge is -2.14. The van der Waals surface area contributed by atoms with Gasteiger partial charge in [0.25, 0.3) is 0 Å². The predicted molar refractivity (Wildman–Crippen MR) is 64.1 cm³/mol. The molecule has 0 fully saturated rings. The van der Waals surface area contributed by atoms with Crippen LogP contribution >= 0.6 is 11.6 Å². The second-order valence-corrected chi connectivity index (χ2v) is 4.66. The molecule has 0 amide bonds. The third kappa shape index (κ3) is 2.51. The lowest BCUT2D eigenvalue weighted by molar-refractivity contribution is 0.643. The van der Waals surface area contributed by atoms with Crippen molar-refractivity contribution in [2.24, 2.45) is 5.92 Å². The van der Waals surface area contributed by atoms with Crippen LogP contribution in [0.2, 0.25) is 5.02 Å². The minimum atomic E-state index is 0.666. The van der Waals surface area contributed by atoms with Gasteiger partial charge in [-0.1, -0.05) is 44.5 Å². The molecular formula is C13H19Cl. The van der Waals surface area contributed by atoms with Crippen molar-refractivity contribution in [3.05, 3.63) is 33.8 Å². The Morgan fingerprint density at radius 2 is 1.93 bits per heavy atom. The third-order valence-electron chi connectivity index (χ3n) is 2.53. The smallest absolute Gasteiger partial charge is 0.0470 e. The molecule has 1 aromatic carbocycles. The highest BCUT2D eigenvalue weighted by molar-refractivity contribution is 6.32. The van der Waals surface area contributed by atoms with Crippen molar-refractivity contribution in [3.8, 4) is 0 Å². The van der Waals surface area contributed by atoms with E-state index in [1.165, 1.54) is 16.7 Å². The standard InChI is InChI=1S/C13H19Cl/c1-5-11-7-6-10(4)13(14)12(11)8-9(2)3/h6-7,9H,5,8H2,1-4H3. The number of hydrogen-bond donors (Lipinski definition) is 0. The summed E-state index contributed by atoms with van der Waals surface area (Å²) in [6.07, 6.45) is 2.16. The molecule has 1 rings (SSSR count). The maximum atomic E-state index is 6.32. The fourth-order valence-corrected chi connectivity index (χ4v) is 2.00. The monoisotopic (exact) mass is 210 g/mol. The van der Waals surface area contributed by atoms with Crippen molar-refractivity contribution in [2.75, 3.05) is 0 Å². The molecule has 1 heteroatoms. The first-order chi connectivity index (χ1) is 6.56. The third-order valence-corrected chi connectivity index (χ3v) is 3.05. The maximum absolute atomic E-state index is 6.32. The van der Waals surface area contributed by atoms with E-state index in [0.717, 1.165) is 17.9 Å². The fraction of sp³-hybridized carbons (Fsp3) is 0.538. The van der Waals surface area contributed by atoms with Crippen LogP contribution in [0.5, 0.6) is 0 Å². The van der Waals surface area contributed by atoms with E-state index in [1.54, 1.807) is 0 Å². The topological polar surface area (TPSA) is 0 Å². The Balaban J connectivity index is 3.14. The summed E-state index contributed by atoms with van der Waals surface area (Å²) in [4.78, 5) is 0. The molecule has 0 aliphatic rings. The zero-order valence-corrected chi connectivity index (χ0v) is 10.3. The van der Waals surface area contributed by atoms with Crippen molar-refractivity contribution in [3.63, 3.8) is 0 Å². The van der Waals surface area contributed by atoms with E-state index in [-0.39, 0.29) is 0 Å². The minimum Gasteiger partial charge on any atom is -0.0837 e. The second kappa shape index (κ2) is 4.84. The van der Waals surface area contributed by atoms with E-state index in [4.69, 9.17) is 11.6 Å². The van der Waals surface area contributed by atoms with Gasteiger partial charge < -0.3 is 0 Å². The van der Waals surface area contributed by atoms with E-state index < -0.39 is 0 Å². The van der Waals surface area contributed by atoms with Crippen LogP contribution in [0.4, 0.5) is 0 Å². The quantitative estimate of drug-likeness (QED) is 0.694. The Morgan fingerprint density at radius 3 is 2.43 bits per heavy atom. The van der Waals surface area contributed by atoms with Crippen LogP contribution in [-0.2, 0) is 12.8 Å². The van der Waals surface area contributed by atoms with Gasteiger partial charge in [0.2, 0.25) is 0 Å². The van der Waals surface area contributed by atoms with Crippen LogP contribution in [0.1, 0.15) is 37.5 Å². The Labute approximate surface area is 92.3 Å². The Morgan fingerprint density at radius 1 is 1.29 bits per heavy atom. The van der Waals surface area contributed by atoms with Gasteiger partial charge in [0.1, 0.15) is 0 Å². The normalized spacial score (nSPS) is 11.0. The molecule has 0 unspecified atom stereocenters. The van der Waals surface area contributed by atoms with Crippen molar-refractivity contribution in [1.29, 1.82) is 0 Å². The highest BCUT2D eigenvalue weighted by Crippen LogP contribution is 2.27. The number of benzene rings is 1. The lowest BCUT2D eigenvalue weighted by atomic mass is 9.95. The molecule has 1 aromatic rings. The Bertz CT molecular complexity index is 313. The van der Waals surface area contributed by atoms with Gasteiger partial charge in [0.05, 0.1) is 0 Å². The van der Waals surface area contributed by atoms with Crippen LogP contribution in [0.25, 0.3) is 0 Å². The lowest BCUT2D eigenvalue weighted by Crippen LogP contribution is -2.01. The summed E-state index contributed by atoms with van der Waals surface area (Å²) >= 11 is 6.32. The molecule has 0 atom stereocenters. The van der Waals surface area contributed by atoms with Crippen molar-refractivity contribution >= 4 is 11.6 Å². The zero-order chi connectivity index (χ0) is 10.7. The molecule has 0 heterocycles. The molecule has 0 N–H and O–H groups in total. The summed E-state index contributed by atoms with van der Waals surface area (Å²) in [5.74, 6) is 0.666. The van der Waals surface area contributed by atoms with Gasteiger partial charge in [0.15, 0.2) is 0 Å². The van der Waals surface area contributed by atoms with E-state index in [9.17, 15) is 0 Å². The Hall–Kier alpha value is -0.490. The molecule has 0 spiro atoms. The van der Waals surface area contributed by atoms with Gasteiger partial charge in [-0.05, 0) is 42.4 Å². The number of aryl methyl sites for hydroxylation is 2. The number of rotatable bonds is 3. The van der Waals surface area contributed by atoms with Gasteiger partial charge >= 0.3 is 0 Å². The summed E-state index contributed by atoms with van der Waals surface area (Å²) < 4.78 is 0. The van der Waals surface area contributed by atoms with Gasteiger partial charge in [-0.2, -0.15) is 0 Å². The number of halogens is 1. The van der Waals surface area contributed by atoms with Crippen LogP contribution in [0, 0.1) is 12.8 Å². The first kappa shape index (κ1) is 11.6. The summed E-state index contributed by atoms with van der Waals surface area (Å²) in [5.41, 5.74) is 3.94. The molecule has 0 aromatic heterocycles. The van der Waals surface area contributed by atoms with E-state index in [1.807, 2.05) is 0 Å². The molecule has 0 saturated carbocycles. The highest BCUT2D eigenvalue weighted by atomic mass is 35.5. The van der Waals surface area contributed by atoms with Crippen molar-refractivity contribution < 1.29 is 0 Å². The maximum Gasteiger partial charge on any atom is 0.0470 e. The van der Waals surface area contributed by atoms with Crippen molar-refractivity contribution in [1.82, 2.24) is 0 Å². The van der Waals surface area contributed by atoms with E-state index in [2.05, 4.69) is 39.8 Å². The van der Waals surface area contributed by atoms with E-state index in [0.29, 0.717) is 5.92 Å². The van der Waals surface area contributed by atoms with Crippen molar-refractivity contribution in [2.45, 2.75) is 40.5 Å². The highest BCUT2D eigenvalue weighted by Gasteiger charge is 2.09. The minimum absolute atomic E-state index is 0.666. The molecule has 0 nitrogen and oxygen atoms in total. The van der Waals surface area contributed by atoms with Crippen LogP contribution < -0.4 is 0 Å². The van der Waals surface area contributed by atoms with Gasteiger partial charge in [-0.3, -0.25) is 0 Å². The molecule has 78 valence electrons. The zero-order valence-electron chi connectivity index (χ0n) is 9.52. The summed E-state index contributed by atoms with van der Waals surface area (Å²) in [6.45, 7) is 8.73. The van der Waals surface area contributed by atoms with Gasteiger partial charge in [-0.25, -0.2) is 0 Å². The molecule has 0 aliphatic heterocycles. The van der Waals surface area contributed by atoms with Crippen LogP contribution in [0.3, 0.4) is 0 Å². The van der Waals surface area contributed by atoms with Gasteiger partial charge in [0, 0.05) is 5.02 Å². The molecule has 0 aliphatic carbocycles. The largest absolute Gasteiger partial charge is 0.0837 e. The first-order valence-electron chi connectivity index (χ1n) is 5.33. The molecule has 0 saturated heterocycles. The molecule has 0 bridgehead atoms. The molecule has 0 radical (unpaired) electrons. The Kier molecular flexibility index (Phi) is 4.00. The summed E-state index contributed by atoms with van der Waals surface area (Å²) in [6, 6.07) is 4.32. The van der Waals surface area contributed by atoms with Crippen LogP contribution in [0.15, 0.2) is 12.1 Å². The molecule has 14 heavy (non-hydrogen) atoms.